The second-order valence-electron chi connectivity index (χ2n) is 5.95. The molecule has 0 spiro atoms. The maximum atomic E-state index is 12.7. The molecule has 4 unspecified atom stereocenters. The van der Waals surface area contributed by atoms with Crippen LogP contribution < -0.4 is 0 Å². The van der Waals surface area contributed by atoms with Crippen molar-refractivity contribution < 1.29 is 4.21 Å². The van der Waals surface area contributed by atoms with Crippen molar-refractivity contribution in [2.45, 2.75) is 75.2 Å². The molecule has 0 aliphatic heterocycles. The molecular weight excluding hydrogens is 242 g/mol. The van der Waals surface area contributed by atoms with Crippen LogP contribution in [0, 0.1) is 23.2 Å². The molecule has 0 radical (unpaired) electrons. The third-order valence-electron chi connectivity index (χ3n) is 4.82. The highest BCUT2D eigenvalue weighted by molar-refractivity contribution is 7.86. The average molecular weight is 267 g/mol. The Morgan fingerprint density at radius 1 is 1.17 bits per heavy atom. The zero-order valence-electron chi connectivity index (χ0n) is 11.4. The number of rotatable bonds is 3. The SMILES string of the molecule is CCC1CCC(C#N)C(S(=O)C2CCCCC2)C1. The Hall–Kier alpha value is -0.360. The van der Waals surface area contributed by atoms with E-state index in [0.717, 1.165) is 32.1 Å². The van der Waals surface area contributed by atoms with E-state index in [1.54, 1.807) is 0 Å². The van der Waals surface area contributed by atoms with Gasteiger partial charge in [0.1, 0.15) is 0 Å². The van der Waals surface area contributed by atoms with E-state index in [1.165, 1.54) is 25.7 Å². The second kappa shape index (κ2) is 6.70. The lowest BCUT2D eigenvalue weighted by Gasteiger charge is -2.34. The van der Waals surface area contributed by atoms with Gasteiger partial charge in [0, 0.05) is 16.0 Å². The van der Waals surface area contributed by atoms with Gasteiger partial charge in [-0.15, -0.1) is 0 Å². The summed E-state index contributed by atoms with van der Waals surface area (Å²) in [6, 6.07) is 2.43. The van der Waals surface area contributed by atoms with E-state index in [0.29, 0.717) is 11.2 Å². The first-order valence-corrected chi connectivity index (χ1v) is 8.82. The Labute approximate surface area is 114 Å². The minimum Gasteiger partial charge on any atom is -0.259 e. The Morgan fingerprint density at radius 2 is 1.89 bits per heavy atom. The molecule has 102 valence electrons. The van der Waals surface area contributed by atoms with E-state index >= 15 is 0 Å². The Balaban J connectivity index is 2.02. The molecule has 2 nitrogen and oxygen atoms in total. The van der Waals surface area contributed by atoms with Crippen molar-refractivity contribution in [2.24, 2.45) is 11.8 Å². The molecule has 2 rings (SSSR count). The van der Waals surface area contributed by atoms with Gasteiger partial charge in [-0.1, -0.05) is 32.6 Å². The zero-order chi connectivity index (χ0) is 13.0. The summed E-state index contributed by atoms with van der Waals surface area (Å²) in [5.41, 5.74) is 0. The van der Waals surface area contributed by atoms with Crippen LogP contribution in [0.2, 0.25) is 0 Å². The molecule has 0 saturated heterocycles. The minimum absolute atomic E-state index is 0.0514. The summed E-state index contributed by atoms with van der Waals surface area (Å²) in [5.74, 6) is 0.753. The number of hydrogen-bond donors (Lipinski definition) is 0. The third-order valence-corrected chi connectivity index (χ3v) is 7.07. The van der Waals surface area contributed by atoms with E-state index in [2.05, 4.69) is 13.0 Å². The molecular formula is C15H25NOS. The van der Waals surface area contributed by atoms with Crippen molar-refractivity contribution in [2.75, 3.05) is 0 Å². The molecule has 4 atom stereocenters. The summed E-state index contributed by atoms with van der Waals surface area (Å²) in [6.07, 6.45) is 10.3. The molecule has 0 aromatic rings. The molecule has 0 heterocycles. The first-order chi connectivity index (χ1) is 8.76. The Morgan fingerprint density at radius 3 is 2.50 bits per heavy atom. The maximum Gasteiger partial charge on any atom is 0.0668 e. The van der Waals surface area contributed by atoms with Crippen LogP contribution in [-0.2, 0) is 10.8 Å². The van der Waals surface area contributed by atoms with Crippen LogP contribution in [-0.4, -0.2) is 14.7 Å². The molecule has 3 heteroatoms. The number of hydrogen-bond acceptors (Lipinski definition) is 2. The van der Waals surface area contributed by atoms with E-state index in [-0.39, 0.29) is 11.2 Å². The lowest BCUT2D eigenvalue weighted by Crippen LogP contribution is -2.37. The fourth-order valence-electron chi connectivity index (χ4n) is 3.53. The van der Waals surface area contributed by atoms with Crippen LogP contribution in [0.25, 0.3) is 0 Å². The predicted octanol–water partition coefficient (Wildman–Crippen LogP) is 3.79. The molecule has 2 aliphatic rings. The minimum atomic E-state index is -0.768. The molecule has 0 aromatic carbocycles. The molecule has 0 bridgehead atoms. The third kappa shape index (κ3) is 3.15. The quantitative estimate of drug-likeness (QED) is 0.780. The van der Waals surface area contributed by atoms with Gasteiger partial charge in [0.2, 0.25) is 0 Å². The Bertz CT molecular complexity index is 330. The second-order valence-corrected chi connectivity index (χ2v) is 7.88. The van der Waals surface area contributed by atoms with Crippen LogP contribution in [0.5, 0.6) is 0 Å². The van der Waals surface area contributed by atoms with Gasteiger partial charge in [0.25, 0.3) is 0 Å². The van der Waals surface area contributed by atoms with Crippen LogP contribution in [0.4, 0.5) is 0 Å². The molecule has 0 N–H and O–H groups in total. The number of nitriles is 1. The monoisotopic (exact) mass is 267 g/mol. The van der Waals surface area contributed by atoms with E-state index < -0.39 is 10.8 Å². The van der Waals surface area contributed by atoms with Gasteiger partial charge in [-0.2, -0.15) is 5.26 Å². The molecule has 2 fully saturated rings. The zero-order valence-corrected chi connectivity index (χ0v) is 12.3. The first-order valence-electron chi connectivity index (χ1n) is 7.55. The van der Waals surface area contributed by atoms with Crippen molar-refractivity contribution in [3.05, 3.63) is 0 Å². The van der Waals surface area contributed by atoms with Gasteiger partial charge in [0.05, 0.1) is 17.2 Å². The van der Waals surface area contributed by atoms with Crippen molar-refractivity contribution in [1.29, 1.82) is 5.26 Å². The molecule has 2 saturated carbocycles. The van der Waals surface area contributed by atoms with Crippen molar-refractivity contribution in [1.82, 2.24) is 0 Å². The first kappa shape index (κ1) is 14.1. The van der Waals surface area contributed by atoms with Crippen LogP contribution in [0.1, 0.15) is 64.7 Å². The van der Waals surface area contributed by atoms with Crippen LogP contribution >= 0.6 is 0 Å². The van der Waals surface area contributed by atoms with Gasteiger partial charge < -0.3 is 0 Å². The van der Waals surface area contributed by atoms with Gasteiger partial charge in [-0.3, -0.25) is 4.21 Å². The standard InChI is InChI=1S/C15H25NOS/c1-2-12-8-9-13(11-16)15(10-12)18(17)14-6-4-3-5-7-14/h12-15H,2-10H2,1H3. The Kier molecular flexibility index (Phi) is 5.24. The lowest BCUT2D eigenvalue weighted by molar-refractivity contribution is 0.311. The largest absolute Gasteiger partial charge is 0.259 e. The summed E-state index contributed by atoms with van der Waals surface area (Å²) in [5, 5.41) is 9.83. The van der Waals surface area contributed by atoms with Crippen molar-refractivity contribution in [3.63, 3.8) is 0 Å². The molecule has 18 heavy (non-hydrogen) atoms. The highest BCUT2D eigenvalue weighted by Gasteiger charge is 2.37. The van der Waals surface area contributed by atoms with Gasteiger partial charge in [-0.25, -0.2) is 0 Å². The summed E-state index contributed by atoms with van der Waals surface area (Å²) in [7, 11) is -0.768. The smallest absolute Gasteiger partial charge is 0.0668 e. The topological polar surface area (TPSA) is 40.9 Å². The van der Waals surface area contributed by atoms with Gasteiger partial charge in [-0.05, 0) is 38.0 Å². The van der Waals surface area contributed by atoms with Crippen LogP contribution in [0.3, 0.4) is 0 Å². The molecule has 0 amide bonds. The van der Waals surface area contributed by atoms with Gasteiger partial charge in [0.15, 0.2) is 0 Å². The van der Waals surface area contributed by atoms with E-state index in [4.69, 9.17) is 0 Å². The van der Waals surface area contributed by atoms with Gasteiger partial charge >= 0.3 is 0 Å². The average Bonchev–Trinajstić information content (AvgIpc) is 2.46. The van der Waals surface area contributed by atoms with E-state index in [9.17, 15) is 9.47 Å². The number of nitrogens with zero attached hydrogens (tertiary/aromatic N) is 1. The summed E-state index contributed by atoms with van der Waals surface area (Å²) < 4.78 is 12.7. The predicted molar refractivity (Wildman–Crippen MR) is 75.5 cm³/mol. The normalized spacial score (nSPS) is 35.9. The highest BCUT2D eigenvalue weighted by Crippen LogP contribution is 2.36. The fourth-order valence-corrected chi connectivity index (χ4v) is 5.81. The summed E-state index contributed by atoms with van der Waals surface area (Å²) in [6.45, 7) is 2.22. The fraction of sp³-hybridized carbons (Fsp3) is 0.933. The molecule has 2 aliphatic carbocycles. The summed E-state index contributed by atoms with van der Waals surface area (Å²) in [4.78, 5) is 0. The van der Waals surface area contributed by atoms with Crippen molar-refractivity contribution >= 4 is 10.8 Å². The highest BCUT2D eigenvalue weighted by atomic mass is 32.2. The van der Waals surface area contributed by atoms with Crippen LogP contribution in [0.15, 0.2) is 0 Å². The summed E-state index contributed by atoms with van der Waals surface area (Å²) >= 11 is 0. The van der Waals surface area contributed by atoms with E-state index in [1.807, 2.05) is 0 Å². The lowest BCUT2D eigenvalue weighted by atomic mass is 9.81. The maximum absolute atomic E-state index is 12.7. The molecule has 0 aromatic heterocycles. The van der Waals surface area contributed by atoms with Crippen molar-refractivity contribution in [3.8, 4) is 6.07 Å².